The van der Waals surface area contributed by atoms with Crippen LogP contribution in [0.15, 0.2) is 43.1 Å². The Balaban J connectivity index is 1.33. The van der Waals surface area contributed by atoms with Crippen molar-refractivity contribution in [1.29, 1.82) is 5.26 Å². The summed E-state index contributed by atoms with van der Waals surface area (Å²) in [6.07, 6.45) is 11.1. The second-order valence-corrected chi connectivity index (χ2v) is 13.6. The topological polar surface area (TPSA) is 137 Å². The molecule has 7 rings (SSSR count). The number of anilines is 1. The molecule has 262 valence electrons. The number of amides is 1. The number of halogens is 2. The van der Waals surface area contributed by atoms with E-state index in [4.69, 9.17) is 20.9 Å². The van der Waals surface area contributed by atoms with Crippen LogP contribution in [0.2, 0.25) is 0 Å². The fourth-order valence-corrected chi connectivity index (χ4v) is 7.12. The number of benzene rings is 2. The van der Waals surface area contributed by atoms with Crippen molar-refractivity contribution in [1.82, 2.24) is 25.2 Å². The lowest BCUT2D eigenvalue weighted by Gasteiger charge is -2.30. The van der Waals surface area contributed by atoms with Gasteiger partial charge in [0.1, 0.15) is 28.6 Å². The van der Waals surface area contributed by atoms with Crippen molar-refractivity contribution in [2.45, 2.75) is 31.7 Å². The van der Waals surface area contributed by atoms with Gasteiger partial charge in [-0.1, -0.05) is 18.6 Å². The molecule has 51 heavy (non-hydrogen) atoms. The van der Waals surface area contributed by atoms with E-state index >= 15 is 4.39 Å². The van der Waals surface area contributed by atoms with Crippen molar-refractivity contribution in [3.05, 3.63) is 60.3 Å². The minimum atomic E-state index is -0.837. The number of fused-ring (bicyclic) bond motifs is 2. The highest BCUT2D eigenvalue weighted by molar-refractivity contribution is 6.03. The van der Waals surface area contributed by atoms with Gasteiger partial charge in [0, 0.05) is 61.3 Å². The molecular formula is C38H37F2N7O4. The van der Waals surface area contributed by atoms with Gasteiger partial charge in [-0.25, -0.2) is 8.78 Å². The van der Waals surface area contributed by atoms with E-state index in [1.54, 1.807) is 0 Å². The molecule has 2 aromatic heterocycles. The number of terminal acetylenes is 1. The summed E-state index contributed by atoms with van der Waals surface area (Å²) in [7, 11) is 0. The van der Waals surface area contributed by atoms with Gasteiger partial charge < -0.3 is 24.8 Å². The molecule has 1 aliphatic carbocycles. The maximum Gasteiger partial charge on any atom is 0.319 e. The monoisotopic (exact) mass is 693 g/mol. The number of nitriles is 1. The first-order valence-corrected chi connectivity index (χ1v) is 17.0. The largest absolute Gasteiger partial charge is 0.508 e. The summed E-state index contributed by atoms with van der Waals surface area (Å²) < 4.78 is 43.7. The first-order valence-electron chi connectivity index (χ1n) is 17.0. The molecule has 2 saturated heterocycles. The van der Waals surface area contributed by atoms with Gasteiger partial charge in [-0.15, -0.1) is 6.42 Å². The number of aromatic hydroxyl groups is 1. The lowest BCUT2D eigenvalue weighted by molar-refractivity contribution is -0.117. The Hall–Kier alpha value is -5.37. The predicted octanol–water partition coefficient (Wildman–Crippen LogP) is 4.71. The van der Waals surface area contributed by atoms with Gasteiger partial charge >= 0.3 is 6.01 Å². The van der Waals surface area contributed by atoms with Gasteiger partial charge in [0.25, 0.3) is 0 Å². The number of hydrogen-bond acceptors (Lipinski definition) is 10. The Morgan fingerprint density at radius 3 is 2.76 bits per heavy atom. The summed E-state index contributed by atoms with van der Waals surface area (Å²) in [6.45, 7) is 8.43. The summed E-state index contributed by atoms with van der Waals surface area (Å²) in [5.41, 5.74) is -0.364. The third-order valence-corrected chi connectivity index (χ3v) is 9.99. The van der Waals surface area contributed by atoms with E-state index < -0.39 is 17.7 Å². The molecule has 2 N–H and O–H groups in total. The Bertz CT molecular complexity index is 2100. The number of pyridine rings is 1. The molecule has 0 radical (unpaired) electrons. The second-order valence-electron chi connectivity index (χ2n) is 13.6. The number of phenolic OH excluding ortho intramolecular Hbond substituents is 1. The first-order chi connectivity index (χ1) is 24.7. The molecule has 4 aromatic rings. The van der Waals surface area contributed by atoms with Gasteiger partial charge in [0.2, 0.25) is 5.91 Å². The minimum absolute atomic E-state index is 0.0364. The van der Waals surface area contributed by atoms with Crippen molar-refractivity contribution in [3.63, 3.8) is 0 Å². The highest BCUT2D eigenvalue weighted by atomic mass is 19.1. The Morgan fingerprint density at radius 1 is 1.24 bits per heavy atom. The van der Waals surface area contributed by atoms with Crippen LogP contribution in [-0.4, -0.2) is 89.5 Å². The number of carbonyl (C=O) groups is 1. The van der Waals surface area contributed by atoms with E-state index in [1.165, 1.54) is 36.5 Å². The molecule has 3 aliphatic rings. The Labute approximate surface area is 293 Å². The van der Waals surface area contributed by atoms with Crippen LogP contribution in [0.5, 0.6) is 11.8 Å². The number of aromatic nitrogens is 3. The molecule has 2 aliphatic heterocycles. The van der Waals surface area contributed by atoms with Crippen LogP contribution in [0, 0.1) is 46.6 Å². The number of carbonyl (C=O) groups excluding carboxylic acids is 1. The zero-order valence-electron chi connectivity index (χ0n) is 28.0. The smallest absolute Gasteiger partial charge is 0.319 e. The van der Waals surface area contributed by atoms with Crippen molar-refractivity contribution < 1.29 is 28.2 Å². The molecule has 3 fully saturated rings. The highest BCUT2D eigenvalue weighted by Gasteiger charge is 2.45. The van der Waals surface area contributed by atoms with E-state index in [0.29, 0.717) is 50.4 Å². The van der Waals surface area contributed by atoms with Crippen LogP contribution in [0.25, 0.3) is 32.9 Å². The normalized spacial score (nSPS) is 20.3. The molecule has 0 unspecified atom stereocenters. The number of phenols is 1. The third kappa shape index (κ3) is 7.00. The van der Waals surface area contributed by atoms with Gasteiger partial charge in [-0.05, 0) is 55.3 Å². The number of hydrogen-bond donors (Lipinski definition) is 2. The zero-order chi connectivity index (χ0) is 35.7. The molecule has 11 nitrogen and oxygen atoms in total. The molecular weight excluding hydrogens is 656 g/mol. The van der Waals surface area contributed by atoms with Gasteiger partial charge in [-0.2, -0.15) is 15.2 Å². The maximum atomic E-state index is 17.0. The van der Waals surface area contributed by atoms with Crippen LogP contribution in [0.3, 0.4) is 0 Å². The number of rotatable bonds is 9. The number of nitrogens with one attached hydrogen (secondary N) is 1. The van der Waals surface area contributed by atoms with Crippen LogP contribution >= 0.6 is 0 Å². The summed E-state index contributed by atoms with van der Waals surface area (Å²) in [4.78, 5) is 30.4. The van der Waals surface area contributed by atoms with Gasteiger partial charge in [0.15, 0.2) is 5.82 Å². The Kier molecular flexibility index (Phi) is 9.42. The maximum absolute atomic E-state index is 17.0. The van der Waals surface area contributed by atoms with E-state index in [9.17, 15) is 19.6 Å². The highest BCUT2D eigenvalue weighted by Crippen LogP contribution is 2.47. The van der Waals surface area contributed by atoms with Crippen LogP contribution in [0.1, 0.15) is 31.2 Å². The van der Waals surface area contributed by atoms with E-state index in [1.807, 2.05) is 4.90 Å². The number of ether oxygens (including phenoxy) is 2. The molecule has 4 heterocycles. The third-order valence-electron chi connectivity index (χ3n) is 9.99. The predicted molar refractivity (Wildman–Crippen MR) is 187 cm³/mol. The van der Waals surface area contributed by atoms with Crippen LogP contribution < -0.4 is 15.0 Å². The quantitative estimate of drug-likeness (QED) is 0.187. The molecule has 13 heteroatoms. The SMILES string of the molecule is C#Cc1c(F)ccc2cc(O)cc(-c3ncc4c(N5CC[C@@H](C#N)C[C@@H](NC(=O)C=C)C5)nc(OCC5(CN6CCOCC6)CC5)nc4c3F)c12. The lowest BCUT2D eigenvalue weighted by Crippen LogP contribution is -2.42. The molecule has 1 amide bonds. The fraction of sp³-hybridized carbons (Fsp3) is 0.395. The van der Waals surface area contributed by atoms with E-state index in [-0.39, 0.29) is 68.7 Å². The second kappa shape index (κ2) is 14.1. The van der Waals surface area contributed by atoms with Crippen LogP contribution in [0.4, 0.5) is 14.6 Å². The van der Waals surface area contributed by atoms with E-state index in [0.717, 1.165) is 32.5 Å². The molecule has 0 bridgehead atoms. The number of nitrogens with zero attached hydrogens (tertiary/aromatic N) is 6. The van der Waals surface area contributed by atoms with E-state index in [2.05, 4.69) is 38.8 Å². The zero-order valence-corrected chi connectivity index (χ0v) is 28.0. The summed E-state index contributed by atoms with van der Waals surface area (Å²) >= 11 is 0. The van der Waals surface area contributed by atoms with Crippen LogP contribution in [-0.2, 0) is 9.53 Å². The van der Waals surface area contributed by atoms with Crippen molar-refractivity contribution in [3.8, 4) is 41.4 Å². The summed E-state index contributed by atoms with van der Waals surface area (Å²) in [5.74, 6) is 0.297. The first kappa shape index (κ1) is 34.1. The number of morpholine rings is 1. The minimum Gasteiger partial charge on any atom is -0.508 e. The van der Waals surface area contributed by atoms with Gasteiger partial charge in [0.05, 0.1) is 42.8 Å². The van der Waals surface area contributed by atoms with Crippen molar-refractivity contribution >= 4 is 33.4 Å². The molecule has 2 atom stereocenters. The van der Waals surface area contributed by atoms with Gasteiger partial charge in [-0.3, -0.25) is 14.7 Å². The average molecular weight is 694 g/mol. The van der Waals surface area contributed by atoms with Crippen molar-refractivity contribution in [2.24, 2.45) is 11.3 Å². The standard InChI is InChI=1S/C38H37F2N7O4/c1-3-27-30(39)6-5-24-16-26(48)17-28(32(24)27)34-33(40)35-29(19-42-34)36(47-10-7-23(18-41)15-25(20-47)43-31(49)4-2)45-37(44-35)51-22-38(8-9-38)21-46-11-13-50-14-12-46/h1,4-6,16-17,19,23,25,48H,2,7-15,20-22H2,(H,43,49)/t23-,25-/m1/s1. The fourth-order valence-electron chi connectivity index (χ4n) is 7.12. The molecule has 0 spiro atoms. The summed E-state index contributed by atoms with van der Waals surface area (Å²) in [5, 5.41) is 24.2. The average Bonchev–Trinajstić information content (AvgIpc) is 3.94. The lowest BCUT2D eigenvalue weighted by atomic mass is 9.96. The molecule has 2 aromatic carbocycles. The van der Waals surface area contributed by atoms with Crippen molar-refractivity contribution in [2.75, 3.05) is 57.4 Å². The molecule has 1 saturated carbocycles. The summed E-state index contributed by atoms with van der Waals surface area (Å²) in [6, 6.07) is 7.24. The Morgan fingerprint density at radius 2 is 2.04 bits per heavy atom.